The minimum atomic E-state index is -0.971. The van der Waals surface area contributed by atoms with Crippen molar-refractivity contribution in [2.75, 3.05) is 0 Å². The summed E-state index contributed by atoms with van der Waals surface area (Å²) in [5, 5.41) is -0.552. The Morgan fingerprint density at radius 1 is 1.10 bits per heavy atom. The van der Waals surface area contributed by atoms with Crippen molar-refractivity contribution in [3.63, 3.8) is 0 Å². The van der Waals surface area contributed by atoms with Gasteiger partial charge in [-0.2, -0.15) is 0 Å². The van der Waals surface area contributed by atoms with E-state index < -0.39 is 22.8 Å². The van der Waals surface area contributed by atoms with Crippen LogP contribution in [-0.4, -0.2) is 0 Å². The first-order valence-corrected chi connectivity index (χ1v) is 7.22. The van der Waals surface area contributed by atoms with Gasteiger partial charge in [-0.25, -0.2) is 13.2 Å². The van der Waals surface area contributed by atoms with E-state index in [1.807, 2.05) is 0 Å². The molecule has 0 aliphatic rings. The predicted octanol–water partition coefficient (Wildman–Crippen LogP) is 6.04. The predicted molar refractivity (Wildman–Crippen MR) is 77.8 cm³/mol. The standard InChI is InChI=1S/C14H8BrCl2F3/c15-9-6-13(19)8(5-11(9)17)10(16)4-7-2-1-3-12(18)14(7)20/h1-3,5-6,10H,4H2. The number of halogens is 6. The van der Waals surface area contributed by atoms with Gasteiger partial charge in [0.25, 0.3) is 0 Å². The maximum atomic E-state index is 13.8. The highest BCUT2D eigenvalue weighted by Crippen LogP contribution is 2.33. The molecular formula is C14H8BrCl2F3. The molecule has 6 heteroatoms. The lowest BCUT2D eigenvalue weighted by Crippen LogP contribution is -2.02. The fourth-order valence-electron chi connectivity index (χ4n) is 1.79. The molecule has 2 rings (SSSR count). The van der Waals surface area contributed by atoms with E-state index in [1.54, 1.807) is 0 Å². The second-order valence-electron chi connectivity index (χ2n) is 4.17. The third-order valence-corrected chi connectivity index (χ3v) is 4.39. The molecule has 0 nitrogen and oxygen atoms in total. The zero-order valence-electron chi connectivity index (χ0n) is 9.94. The van der Waals surface area contributed by atoms with Crippen LogP contribution < -0.4 is 0 Å². The second-order valence-corrected chi connectivity index (χ2v) is 5.96. The van der Waals surface area contributed by atoms with Gasteiger partial charge >= 0.3 is 0 Å². The minimum absolute atomic E-state index is 0.0416. The van der Waals surface area contributed by atoms with E-state index in [2.05, 4.69) is 15.9 Å². The van der Waals surface area contributed by atoms with Gasteiger partial charge in [-0.3, -0.25) is 0 Å². The zero-order chi connectivity index (χ0) is 14.9. The molecule has 2 aromatic carbocycles. The normalized spacial score (nSPS) is 12.5. The highest BCUT2D eigenvalue weighted by molar-refractivity contribution is 9.10. The summed E-state index contributed by atoms with van der Waals surface area (Å²) in [5.74, 6) is -2.49. The number of hydrogen-bond donors (Lipinski definition) is 0. The van der Waals surface area contributed by atoms with Crippen LogP contribution in [0, 0.1) is 17.5 Å². The van der Waals surface area contributed by atoms with Crippen LogP contribution in [0.1, 0.15) is 16.5 Å². The molecule has 0 N–H and O–H groups in total. The third-order valence-electron chi connectivity index (χ3n) is 2.81. The van der Waals surface area contributed by atoms with Crippen LogP contribution in [0.25, 0.3) is 0 Å². The van der Waals surface area contributed by atoms with Gasteiger partial charge in [0.1, 0.15) is 5.82 Å². The number of hydrogen-bond acceptors (Lipinski definition) is 0. The summed E-state index contributed by atoms with van der Waals surface area (Å²) < 4.78 is 40.9. The van der Waals surface area contributed by atoms with Crippen LogP contribution in [0.15, 0.2) is 34.8 Å². The average molecular weight is 384 g/mol. The van der Waals surface area contributed by atoms with Crippen LogP contribution in [-0.2, 0) is 6.42 Å². The van der Waals surface area contributed by atoms with Crippen LogP contribution in [0.4, 0.5) is 13.2 Å². The van der Waals surface area contributed by atoms with Crippen molar-refractivity contribution in [3.05, 3.63) is 68.4 Å². The molecule has 0 aliphatic heterocycles. The van der Waals surface area contributed by atoms with Crippen molar-refractivity contribution in [1.82, 2.24) is 0 Å². The monoisotopic (exact) mass is 382 g/mol. The van der Waals surface area contributed by atoms with Gasteiger partial charge in [0.15, 0.2) is 11.6 Å². The van der Waals surface area contributed by atoms with Crippen molar-refractivity contribution in [3.8, 4) is 0 Å². The summed E-state index contributed by atoms with van der Waals surface area (Å²) in [6, 6.07) is 6.36. The van der Waals surface area contributed by atoms with Crippen molar-refractivity contribution in [2.45, 2.75) is 11.8 Å². The molecule has 0 radical (unpaired) electrons. The number of alkyl halides is 1. The second kappa shape index (κ2) is 6.37. The van der Waals surface area contributed by atoms with Gasteiger partial charge < -0.3 is 0 Å². The summed E-state index contributed by atoms with van der Waals surface area (Å²) >= 11 is 15.1. The van der Waals surface area contributed by atoms with Crippen molar-refractivity contribution in [1.29, 1.82) is 0 Å². The fraction of sp³-hybridized carbons (Fsp3) is 0.143. The lowest BCUT2D eigenvalue weighted by Gasteiger charge is -2.13. The Labute approximate surface area is 132 Å². The lowest BCUT2D eigenvalue weighted by molar-refractivity contribution is 0.497. The Kier molecular flexibility index (Phi) is 4.99. The molecule has 1 unspecified atom stereocenters. The SMILES string of the molecule is Fc1cc(Br)c(Cl)cc1C(Cl)Cc1cccc(F)c1F. The Balaban J connectivity index is 2.31. The average Bonchev–Trinajstić information content (AvgIpc) is 2.39. The Morgan fingerprint density at radius 3 is 2.50 bits per heavy atom. The molecule has 0 bridgehead atoms. The maximum absolute atomic E-state index is 13.8. The molecular weight excluding hydrogens is 376 g/mol. The number of benzene rings is 2. The lowest BCUT2D eigenvalue weighted by atomic mass is 10.0. The van der Waals surface area contributed by atoms with Gasteiger partial charge in [0.05, 0.1) is 10.4 Å². The van der Waals surface area contributed by atoms with E-state index in [9.17, 15) is 13.2 Å². The molecule has 0 heterocycles. The van der Waals surface area contributed by atoms with Gasteiger partial charge in [-0.05, 0) is 46.1 Å². The summed E-state index contributed by atoms with van der Waals surface area (Å²) in [6.07, 6.45) is -0.0416. The van der Waals surface area contributed by atoms with E-state index in [-0.39, 0.29) is 17.5 Å². The van der Waals surface area contributed by atoms with E-state index in [1.165, 1.54) is 24.3 Å². The molecule has 106 valence electrons. The molecule has 20 heavy (non-hydrogen) atoms. The molecule has 2 aromatic rings. The van der Waals surface area contributed by atoms with Crippen LogP contribution in [0.5, 0.6) is 0 Å². The third kappa shape index (κ3) is 3.30. The van der Waals surface area contributed by atoms with Gasteiger partial charge in [0, 0.05) is 10.0 Å². The highest BCUT2D eigenvalue weighted by atomic mass is 79.9. The Morgan fingerprint density at radius 2 is 1.80 bits per heavy atom. The highest BCUT2D eigenvalue weighted by Gasteiger charge is 2.18. The fourth-order valence-corrected chi connectivity index (χ4v) is 2.61. The summed E-state index contributed by atoms with van der Waals surface area (Å²) in [4.78, 5) is 0. The van der Waals surface area contributed by atoms with Gasteiger partial charge in [0.2, 0.25) is 0 Å². The molecule has 0 amide bonds. The number of rotatable bonds is 3. The Bertz CT molecular complexity index is 647. The molecule has 0 aromatic heterocycles. The molecule has 0 aliphatic carbocycles. The Hall–Kier alpha value is -0.710. The van der Waals surface area contributed by atoms with Crippen molar-refractivity contribution < 1.29 is 13.2 Å². The molecule has 0 saturated heterocycles. The van der Waals surface area contributed by atoms with Gasteiger partial charge in [-0.1, -0.05) is 23.7 Å². The summed E-state index contributed by atoms with van der Waals surface area (Å²) in [7, 11) is 0. The van der Waals surface area contributed by atoms with Gasteiger partial charge in [-0.15, -0.1) is 11.6 Å². The van der Waals surface area contributed by atoms with Crippen LogP contribution in [0.2, 0.25) is 5.02 Å². The smallest absolute Gasteiger partial charge is 0.162 e. The molecule has 0 fully saturated rings. The van der Waals surface area contributed by atoms with E-state index in [0.29, 0.717) is 9.50 Å². The zero-order valence-corrected chi connectivity index (χ0v) is 13.0. The first-order valence-electron chi connectivity index (χ1n) is 5.61. The van der Waals surface area contributed by atoms with E-state index in [4.69, 9.17) is 23.2 Å². The van der Waals surface area contributed by atoms with E-state index >= 15 is 0 Å². The largest absolute Gasteiger partial charge is 0.207 e. The topological polar surface area (TPSA) is 0 Å². The molecule has 0 spiro atoms. The molecule has 1 atom stereocenters. The maximum Gasteiger partial charge on any atom is 0.162 e. The first kappa shape index (κ1) is 15.7. The summed E-state index contributed by atoms with van der Waals surface area (Å²) in [5.41, 5.74) is 0.229. The van der Waals surface area contributed by atoms with Crippen LogP contribution in [0.3, 0.4) is 0 Å². The van der Waals surface area contributed by atoms with Crippen molar-refractivity contribution >= 4 is 39.1 Å². The van der Waals surface area contributed by atoms with Crippen molar-refractivity contribution in [2.24, 2.45) is 0 Å². The van der Waals surface area contributed by atoms with Crippen LogP contribution >= 0.6 is 39.1 Å². The molecule has 0 saturated carbocycles. The summed E-state index contributed by atoms with van der Waals surface area (Å²) in [6.45, 7) is 0. The minimum Gasteiger partial charge on any atom is -0.207 e. The first-order chi connectivity index (χ1) is 9.40. The quantitative estimate of drug-likeness (QED) is 0.447. The van der Waals surface area contributed by atoms with E-state index in [0.717, 1.165) is 6.07 Å².